The van der Waals surface area contributed by atoms with E-state index in [0.717, 1.165) is 19.4 Å². The first-order chi connectivity index (χ1) is 13.6. The zero-order chi connectivity index (χ0) is 19.6. The number of fused-ring (bicyclic) bond motifs is 1. The summed E-state index contributed by atoms with van der Waals surface area (Å²) >= 11 is 0. The van der Waals surface area contributed by atoms with Gasteiger partial charge in [0.2, 0.25) is 0 Å². The highest BCUT2D eigenvalue weighted by Crippen LogP contribution is 2.43. The van der Waals surface area contributed by atoms with Gasteiger partial charge in [0.15, 0.2) is 0 Å². The standard InChI is InChI=1S/C23H29N3O2/c1-23(2)12-11-21(20(22(23)27-3)13-26-16-24-15-25-26)28-14-18-9-6-8-17-7-4-5-10-19(17)18/h4-10,15-16,20-22H,11-14H2,1-3H3/t20-,21+,22+/m0/s1. The van der Waals surface area contributed by atoms with Crippen molar-refractivity contribution in [2.45, 2.75) is 52.0 Å². The molecule has 3 aromatic rings. The van der Waals surface area contributed by atoms with E-state index in [-0.39, 0.29) is 23.5 Å². The summed E-state index contributed by atoms with van der Waals surface area (Å²) < 4.78 is 14.4. The topological polar surface area (TPSA) is 49.2 Å². The maximum absolute atomic E-state index is 6.52. The first kappa shape index (κ1) is 19.1. The molecule has 2 aromatic carbocycles. The Morgan fingerprint density at radius 2 is 1.96 bits per heavy atom. The first-order valence-electron chi connectivity index (χ1n) is 10.0. The molecule has 4 rings (SSSR count). The summed E-state index contributed by atoms with van der Waals surface area (Å²) in [6.45, 7) is 5.94. The monoisotopic (exact) mass is 379 g/mol. The van der Waals surface area contributed by atoms with Gasteiger partial charge in [-0.15, -0.1) is 0 Å². The first-order valence-corrected chi connectivity index (χ1v) is 10.0. The minimum Gasteiger partial charge on any atom is -0.380 e. The Morgan fingerprint density at radius 3 is 2.75 bits per heavy atom. The number of methoxy groups -OCH3 is 1. The molecule has 1 heterocycles. The summed E-state index contributed by atoms with van der Waals surface area (Å²) in [4.78, 5) is 4.10. The number of nitrogens with zero attached hydrogens (tertiary/aromatic N) is 3. The molecule has 0 amide bonds. The van der Waals surface area contributed by atoms with Gasteiger partial charge >= 0.3 is 0 Å². The Labute approximate surface area is 166 Å². The molecular weight excluding hydrogens is 350 g/mol. The maximum atomic E-state index is 6.52. The molecule has 1 aromatic heterocycles. The third-order valence-electron chi connectivity index (χ3n) is 6.16. The molecule has 0 radical (unpaired) electrons. The van der Waals surface area contributed by atoms with E-state index < -0.39 is 0 Å². The largest absolute Gasteiger partial charge is 0.380 e. The van der Waals surface area contributed by atoms with Gasteiger partial charge in [0.05, 0.1) is 25.4 Å². The molecule has 0 unspecified atom stereocenters. The van der Waals surface area contributed by atoms with E-state index in [0.29, 0.717) is 6.61 Å². The van der Waals surface area contributed by atoms with Crippen LogP contribution < -0.4 is 0 Å². The van der Waals surface area contributed by atoms with Crippen LogP contribution in [0.3, 0.4) is 0 Å². The minimum absolute atomic E-state index is 0.110. The van der Waals surface area contributed by atoms with Gasteiger partial charge < -0.3 is 9.47 Å². The third-order valence-corrected chi connectivity index (χ3v) is 6.16. The lowest BCUT2D eigenvalue weighted by Gasteiger charge is -2.46. The molecule has 0 N–H and O–H groups in total. The average Bonchev–Trinajstić information content (AvgIpc) is 3.20. The Bertz CT molecular complexity index is 902. The molecule has 28 heavy (non-hydrogen) atoms. The fourth-order valence-electron chi connectivity index (χ4n) is 4.72. The van der Waals surface area contributed by atoms with E-state index in [1.54, 1.807) is 12.7 Å². The molecule has 3 atom stereocenters. The van der Waals surface area contributed by atoms with Crippen molar-refractivity contribution in [1.29, 1.82) is 0 Å². The number of benzene rings is 2. The van der Waals surface area contributed by atoms with Crippen molar-refractivity contribution < 1.29 is 9.47 Å². The van der Waals surface area contributed by atoms with Crippen molar-refractivity contribution in [3.63, 3.8) is 0 Å². The van der Waals surface area contributed by atoms with E-state index in [1.807, 2.05) is 11.8 Å². The van der Waals surface area contributed by atoms with Crippen molar-refractivity contribution in [2.75, 3.05) is 7.11 Å². The van der Waals surface area contributed by atoms with Crippen molar-refractivity contribution in [1.82, 2.24) is 14.8 Å². The summed E-state index contributed by atoms with van der Waals surface area (Å²) in [6, 6.07) is 14.9. The molecule has 5 heteroatoms. The van der Waals surface area contributed by atoms with Crippen LogP contribution in [-0.2, 0) is 22.6 Å². The van der Waals surface area contributed by atoms with Gasteiger partial charge in [0, 0.05) is 13.0 Å². The Hall–Kier alpha value is -2.24. The van der Waals surface area contributed by atoms with Crippen LogP contribution in [0.15, 0.2) is 55.1 Å². The quantitative estimate of drug-likeness (QED) is 0.634. The van der Waals surface area contributed by atoms with Crippen LogP contribution in [0.4, 0.5) is 0 Å². The molecule has 0 spiro atoms. The lowest BCUT2D eigenvalue weighted by atomic mass is 9.68. The highest BCUT2D eigenvalue weighted by atomic mass is 16.5. The lowest BCUT2D eigenvalue weighted by Crippen LogP contribution is -2.50. The normalized spacial score (nSPS) is 24.5. The van der Waals surface area contributed by atoms with E-state index in [9.17, 15) is 0 Å². The SMILES string of the molecule is CO[C@@H]1[C@@H](Cn2cncn2)[C@H](OCc2cccc3ccccc23)CCC1(C)C. The highest BCUT2D eigenvalue weighted by Gasteiger charge is 2.45. The molecule has 148 valence electrons. The maximum Gasteiger partial charge on any atom is 0.137 e. The van der Waals surface area contributed by atoms with Crippen LogP contribution in [0.25, 0.3) is 10.8 Å². The predicted molar refractivity (Wildman–Crippen MR) is 110 cm³/mol. The molecule has 1 aliphatic rings. The second-order valence-electron chi connectivity index (χ2n) is 8.45. The van der Waals surface area contributed by atoms with Crippen LogP contribution in [0.2, 0.25) is 0 Å². The van der Waals surface area contributed by atoms with E-state index in [4.69, 9.17) is 9.47 Å². The van der Waals surface area contributed by atoms with Crippen LogP contribution in [0.1, 0.15) is 32.3 Å². The second kappa shape index (κ2) is 8.02. The predicted octanol–water partition coefficient (Wildman–Crippen LogP) is 4.47. The van der Waals surface area contributed by atoms with Crippen molar-refractivity contribution >= 4 is 10.8 Å². The molecule has 0 bridgehead atoms. The Balaban J connectivity index is 1.55. The summed E-state index contributed by atoms with van der Waals surface area (Å²) in [5.74, 6) is 0.227. The lowest BCUT2D eigenvalue weighted by molar-refractivity contribution is -0.140. The zero-order valence-corrected chi connectivity index (χ0v) is 16.9. The Morgan fingerprint density at radius 1 is 1.14 bits per heavy atom. The third kappa shape index (κ3) is 3.82. The molecule has 0 aliphatic heterocycles. The van der Waals surface area contributed by atoms with Gasteiger partial charge in [-0.1, -0.05) is 56.3 Å². The Kier molecular flexibility index (Phi) is 5.47. The van der Waals surface area contributed by atoms with E-state index in [1.165, 1.54) is 16.3 Å². The highest BCUT2D eigenvalue weighted by molar-refractivity contribution is 5.85. The number of rotatable bonds is 6. The molecule has 0 saturated heterocycles. The van der Waals surface area contributed by atoms with Crippen molar-refractivity contribution in [3.05, 3.63) is 60.7 Å². The van der Waals surface area contributed by atoms with Crippen molar-refractivity contribution in [2.24, 2.45) is 11.3 Å². The van der Waals surface area contributed by atoms with Crippen molar-refractivity contribution in [3.8, 4) is 0 Å². The summed E-state index contributed by atoms with van der Waals surface area (Å²) in [5.41, 5.74) is 1.34. The molecule has 1 saturated carbocycles. The van der Waals surface area contributed by atoms with E-state index in [2.05, 4.69) is 66.4 Å². The smallest absolute Gasteiger partial charge is 0.137 e. The zero-order valence-electron chi connectivity index (χ0n) is 16.9. The fraction of sp³-hybridized carbons (Fsp3) is 0.478. The molecule has 5 nitrogen and oxygen atoms in total. The van der Waals surface area contributed by atoms with E-state index >= 15 is 0 Å². The second-order valence-corrected chi connectivity index (χ2v) is 8.45. The number of hydrogen-bond donors (Lipinski definition) is 0. The average molecular weight is 380 g/mol. The van der Waals surface area contributed by atoms with Gasteiger partial charge in [-0.05, 0) is 34.6 Å². The van der Waals surface area contributed by atoms with Crippen LogP contribution >= 0.6 is 0 Å². The van der Waals surface area contributed by atoms with Gasteiger partial charge in [-0.25, -0.2) is 4.98 Å². The number of hydrogen-bond acceptors (Lipinski definition) is 4. The van der Waals surface area contributed by atoms with Gasteiger partial charge in [0.25, 0.3) is 0 Å². The van der Waals surface area contributed by atoms with Crippen LogP contribution in [0, 0.1) is 11.3 Å². The van der Waals surface area contributed by atoms with Crippen LogP contribution in [-0.4, -0.2) is 34.1 Å². The summed E-state index contributed by atoms with van der Waals surface area (Å²) in [6.07, 6.45) is 5.71. The fourth-order valence-corrected chi connectivity index (χ4v) is 4.72. The molecular formula is C23H29N3O2. The minimum atomic E-state index is 0.110. The van der Waals surface area contributed by atoms with Gasteiger partial charge in [-0.3, -0.25) is 4.68 Å². The number of aromatic nitrogens is 3. The molecule has 1 aliphatic carbocycles. The van der Waals surface area contributed by atoms with Gasteiger partial charge in [-0.2, -0.15) is 5.10 Å². The van der Waals surface area contributed by atoms with Crippen LogP contribution in [0.5, 0.6) is 0 Å². The molecule has 1 fully saturated rings. The summed E-state index contributed by atoms with van der Waals surface area (Å²) in [5, 5.41) is 6.83. The van der Waals surface area contributed by atoms with Gasteiger partial charge in [0.1, 0.15) is 12.7 Å². The number of ether oxygens (including phenoxy) is 2. The summed E-state index contributed by atoms with van der Waals surface area (Å²) in [7, 11) is 1.81.